The van der Waals surface area contributed by atoms with Crippen LogP contribution in [0.5, 0.6) is 0 Å². The first-order valence-corrected chi connectivity index (χ1v) is 8.62. The third-order valence-corrected chi connectivity index (χ3v) is 6.30. The molecule has 120 valence electrons. The fraction of sp³-hybridized carbons (Fsp3) is 0.583. The Balaban J connectivity index is 1.88. The van der Waals surface area contributed by atoms with E-state index >= 15 is 0 Å². The second-order valence-electron chi connectivity index (χ2n) is 5.36. The molecule has 0 aliphatic carbocycles. The Kier molecular flexibility index (Phi) is 3.74. The van der Waals surface area contributed by atoms with Gasteiger partial charge < -0.3 is 4.52 Å². The summed E-state index contributed by atoms with van der Waals surface area (Å²) in [6.45, 7) is 4.05. The number of sulfonamides is 1. The van der Waals surface area contributed by atoms with Crippen LogP contribution in [-0.2, 0) is 17.1 Å². The SMILES string of the molecule is Cc1noc([C@H]2CCN(S(=O)(=O)c3c(C)nn(C)c3Cl)C2)n1. The van der Waals surface area contributed by atoms with Crippen molar-refractivity contribution in [2.45, 2.75) is 31.1 Å². The van der Waals surface area contributed by atoms with Gasteiger partial charge in [-0.05, 0) is 20.3 Å². The highest BCUT2D eigenvalue weighted by atomic mass is 35.5. The first kappa shape index (κ1) is 15.4. The molecule has 1 fully saturated rings. The van der Waals surface area contributed by atoms with Gasteiger partial charge in [0, 0.05) is 20.1 Å². The molecule has 3 heterocycles. The van der Waals surface area contributed by atoms with E-state index in [9.17, 15) is 8.42 Å². The molecule has 2 aromatic rings. The van der Waals surface area contributed by atoms with Gasteiger partial charge in [0.25, 0.3) is 0 Å². The first-order valence-electron chi connectivity index (χ1n) is 6.80. The minimum Gasteiger partial charge on any atom is -0.339 e. The summed E-state index contributed by atoms with van der Waals surface area (Å²) in [6, 6.07) is 0. The largest absolute Gasteiger partial charge is 0.339 e. The Morgan fingerprint density at radius 2 is 2.09 bits per heavy atom. The van der Waals surface area contributed by atoms with Crippen molar-refractivity contribution in [3.05, 3.63) is 22.6 Å². The van der Waals surface area contributed by atoms with Gasteiger partial charge in [0.05, 0.1) is 11.6 Å². The predicted molar refractivity (Wildman–Crippen MR) is 78.1 cm³/mol. The summed E-state index contributed by atoms with van der Waals surface area (Å²) >= 11 is 6.09. The average molecular weight is 346 g/mol. The fourth-order valence-corrected chi connectivity index (χ4v) is 4.87. The molecular formula is C12H16ClN5O3S. The van der Waals surface area contributed by atoms with Crippen molar-refractivity contribution in [2.75, 3.05) is 13.1 Å². The van der Waals surface area contributed by atoms with E-state index in [0.717, 1.165) is 0 Å². The van der Waals surface area contributed by atoms with Crippen LogP contribution < -0.4 is 0 Å². The van der Waals surface area contributed by atoms with E-state index in [-0.39, 0.29) is 16.0 Å². The van der Waals surface area contributed by atoms with Crippen molar-refractivity contribution in [2.24, 2.45) is 7.05 Å². The zero-order chi connectivity index (χ0) is 16.1. The van der Waals surface area contributed by atoms with Crippen molar-refractivity contribution >= 4 is 21.6 Å². The van der Waals surface area contributed by atoms with E-state index in [1.807, 2.05) is 0 Å². The number of aromatic nitrogens is 4. The topological polar surface area (TPSA) is 94.1 Å². The predicted octanol–water partition coefficient (Wildman–Crippen LogP) is 1.25. The van der Waals surface area contributed by atoms with Crippen LogP contribution in [0.2, 0.25) is 5.15 Å². The molecule has 0 bridgehead atoms. The van der Waals surface area contributed by atoms with E-state index in [1.165, 1.54) is 8.99 Å². The number of aryl methyl sites for hydroxylation is 3. The molecule has 8 nitrogen and oxygen atoms in total. The molecule has 0 aromatic carbocycles. The maximum Gasteiger partial charge on any atom is 0.248 e. The van der Waals surface area contributed by atoms with E-state index in [0.29, 0.717) is 36.9 Å². The molecule has 0 amide bonds. The molecule has 3 rings (SSSR count). The highest BCUT2D eigenvalue weighted by molar-refractivity contribution is 7.89. The summed E-state index contributed by atoms with van der Waals surface area (Å²) in [5.41, 5.74) is 0.393. The minimum absolute atomic E-state index is 0.0685. The van der Waals surface area contributed by atoms with Gasteiger partial charge in [0.1, 0.15) is 10.0 Å². The molecule has 0 unspecified atom stereocenters. The Labute approximate surface area is 133 Å². The van der Waals surface area contributed by atoms with Crippen molar-refractivity contribution in [1.82, 2.24) is 24.2 Å². The van der Waals surface area contributed by atoms with Crippen LogP contribution in [-0.4, -0.2) is 45.7 Å². The van der Waals surface area contributed by atoms with Crippen molar-refractivity contribution in [1.29, 1.82) is 0 Å². The Bertz CT molecular complexity index is 813. The van der Waals surface area contributed by atoms with Crippen molar-refractivity contribution < 1.29 is 12.9 Å². The monoisotopic (exact) mass is 345 g/mol. The molecule has 1 aliphatic heterocycles. The number of nitrogens with zero attached hydrogens (tertiary/aromatic N) is 5. The number of rotatable bonds is 3. The molecule has 22 heavy (non-hydrogen) atoms. The van der Waals surface area contributed by atoms with Crippen LogP contribution in [0.1, 0.15) is 29.7 Å². The molecule has 10 heteroatoms. The average Bonchev–Trinajstić information content (AvgIpc) is 3.10. The van der Waals surface area contributed by atoms with Gasteiger partial charge in [-0.15, -0.1) is 0 Å². The smallest absolute Gasteiger partial charge is 0.248 e. The number of halogens is 1. The Morgan fingerprint density at radius 3 is 2.64 bits per heavy atom. The van der Waals surface area contributed by atoms with Gasteiger partial charge in [-0.2, -0.15) is 14.4 Å². The van der Waals surface area contributed by atoms with Gasteiger partial charge in [-0.25, -0.2) is 8.42 Å². The van der Waals surface area contributed by atoms with Gasteiger partial charge in [-0.3, -0.25) is 4.68 Å². The molecule has 0 saturated carbocycles. The molecule has 1 atom stereocenters. The van der Waals surface area contributed by atoms with Crippen molar-refractivity contribution in [3.8, 4) is 0 Å². The van der Waals surface area contributed by atoms with Crippen molar-refractivity contribution in [3.63, 3.8) is 0 Å². The normalized spacial score (nSPS) is 19.9. The first-order chi connectivity index (χ1) is 10.3. The van der Waals surface area contributed by atoms with Crippen LogP contribution in [0, 0.1) is 13.8 Å². The highest BCUT2D eigenvalue weighted by Gasteiger charge is 2.38. The third-order valence-electron chi connectivity index (χ3n) is 3.74. The Hall–Kier alpha value is -1.45. The van der Waals surface area contributed by atoms with E-state index < -0.39 is 10.0 Å². The summed E-state index contributed by atoms with van der Waals surface area (Å²) in [5, 5.41) is 7.94. The lowest BCUT2D eigenvalue weighted by molar-refractivity contribution is 0.351. The zero-order valence-corrected chi connectivity index (χ0v) is 14.0. The summed E-state index contributed by atoms with van der Waals surface area (Å²) < 4.78 is 33.5. The summed E-state index contributed by atoms with van der Waals surface area (Å²) in [4.78, 5) is 4.25. The second kappa shape index (κ2) is 5.32. The van der Waals surface area contributed by atoms with Gasteiger partial charge in [-0.1, -0.05) is 16.8 Å². The molecule has 2 aromatic heterocycles. The number of hydrogen-bond acceptors (Lipinski definition) is 6. The van der Waals surface area contributed by atoms with Crippen LogP contribution >= 0.6 is 11.6 Å². The Morgan fingerprint density at radius 1 is 1.36 bits per heavy atom. The maximum atomic E-state index is 12.8. The quantitative estimate of drug-likeness (QED) is 0.831. The van der Waals surface area contributed by atoms with Gasteiger partial charge in [0.15, 0.2) is 5.82 Å². The van der Waals surface area contributed by atoms with E-state index in [1.54, 1.807) is 20.9 Å². The minimum atomic E-state index is -3.69. The van der Waals surface area contributed by atoms with Crippen LogP contribution in [0.3, 0.4) is 0 Å². The summed E-state index contributed by atoms with van der Waals surface area (Å²) in [5.74, 6) is 0.929. The standard InChI is InChI=1S/C12H16ClN5O3S/c1-7-10(11(13)17(3)15-7)22(19,20)18-5-4-9(6-18)12-14-8(2)16-21-12/h9H,4-6H2,1-3H3/t9-/m0/s1. The van der Waals surface area contributed by atoms with Crippen LogP contribution in [0.25, 0.3) is 0 Å². The lowest BCUT2D eigenvalue weighted by Gasteiger charge is -2.15. The molecule has 0 spiro atoms. The molecule has 1 saturated heterocycles. The lowest BCUT2D eigenvalue weighted by Crippen LogP contribution is -2.29. The summed E-state index contributed by atoms with van der Waals surface area (Å²) in [7, 11) is -2.07. The van der Waals surface area contributed by atoms with Crippen LogP contribution in [0.15, 0.2) is 9.42 Å². The maximum absolute atomic E-state index is 12.8. The highest BCUT2D eigenvalue weighted by Crippen LogP contribution is 2.33. The number of hydrogen-bond donors (Lipinski definition) is 0. The van der Waals surface area contributed by atoms with Gasteiger partial charge in [0.2, 0.25) is 15.9 Å². The summed E-state index contributed by atoms with van der Waals surface area (Å²) in [6.07, 6.45) is 0.637. The third kappa shape index (κ3) is 2.42. The van der Waals surface area contributed by atoms with Crippen LogP contribution in [0.4, 0.5) is 0 Å². The molecule has 1 aliphatic rings. The van der Waals surface area contributed by atoms with E-state index in [2.05, 4.69) is 15.2 Å². The van der Waals surface area contributed by atoms with E-state index in [4.69, 9.17) is 16.1 Å². The molecule has 0 N–H and O–H groups in total. The second-order valence-corrected chi connectivity index (χ2v) is 7.59. The molecule has 0 radical (unpaired) electrons. The fourth-order valence-electron chi connectivity index (χ4n) is 2.66. The molecular weight excluding hydrogens is 330 g/mol. The van der Waals surface area contributed by atoms with Gasteiger partial charge >= 0.3 is 0 Å². The lowest BCUT2D eigenvalue weighted by atomic mass is 10.1. The zero-order valence-electron chi connectivity index (χ0n) is 12.4.